The van der Waals surface area contributed by atoms with Crippen molar-refractivity contribution >= 4 is 34.7 Å². The molecule has 0 spiro atoms. The Hall–Kier alpha value is -3.33. The van der Waals surface area contributed by atoms with Gasteiger partial charge in [0, 0.05) is 24.3 Å². The molecule has 34 heavy (non-hydrogen) atoms. The first-order chi connectivity index (χ1) is 16.3. The van der Waals surface area contributed by atoms with Crippen molar-refractivity contribution in [2.45, 2.75) is 40.7 Å². The number of ether oxygens (including phenoxy) is 4. The van der Waals surface area contributed by atoms with Gasteiger partial charge in [-0.2, -0.15) is 10.2 Å². The van der Waals surface area contributed by atoms with Crippen LogP contribution in [0.1, 0.15) is 34.6 Å². The summed E-state index contributed by atoms with van der Waals surface area (Å²) in [6.45, 7) is 10.3. The molecule has 1 atom stereocenters. The number of ketones is 1. The van der Waals surface area contributed by atoms with Crippen LogP contribution in [0.25, 0.3) is 0 Å². The molecule has 2 aromatic rings. The van der Waals surface area contributed by atoms with Gasteiger partial charge >= 0.3 is 0 Å². The highest BCUT2D eigenvalue weighted by Gasteiger charge is 2.25. The Labute approximate surface area is 204 Å². The van der Waals surface area contributed by atoms with Crippen molar-refractivity contribution in [3.05, 3.63) is 35.4 Å². The van der Waals surface area contributed by atoms with Crippen molar-refractivity contribution in [2.75, 3.05) is 31.7 Å². The van der Waals surface area contributed by atoms with Crippen molar-refractivity contribution in [1.82, 2.24) is 0 Å². The van der Waals surface area contributed by atoms with Gasteiger partial charge in [0.25, 0.3) is 5.91 Å². The first kappa shape index (κ1) is 26.9. The number of anilines is 1. The maximum Gasteiger partial charge on any atom is 0.258 e. The molecule has 2 rings (SSSR count). The van der Waals surface area contributed by atoms with Crippen LogP contribution in [0.5, 0.6) is 23.0 Å². The summed E-state index contributed by atoms with van der Waals surface area (Å²) < 4.78 is 22.1. The van der Waals surface area contributed by atoms with Gasteiger partial charge in [0.1, 0.15) is 23.0 Å². The quantitative estimate of drug-likeness (QED) is 0.288. The topological polar surface area (TPSA) is 108 Å². The van der Waals surface area contributed by atoms with Crippen LogP contribution in [-0.4, -0.2) is 44.2 Å². The van der Waals surface area contributed by atoms with Crippen LogP contribution in [0.4, 0.5) is 11.4 Å². The molecule has 0 bridgehead atoms. The van der Waals surface area contributed by atoms with Crippen molar-refractivity contribution in [3.63, 3.8) is 0 Å². The summed E-state index contributed by atoms with van der Waals surface area (Å²) in [5, 5.41) is 11.0. The molecule has 0 heterocycles. The molecule has 2 aromatic carbocycles. The minimum Gasteiger partial charge on any atom is -0.494 e. The highest BCUT2D eigenvalue weighted by atomic mass is 35.5. The van der Waals surface area contributed by atoms with Gasteiger partial charge in [-0.25, -0.2) is 0 Å². The number of rotatable bonds is 13. The zero-order valence-corrected chi connectivity index (χ0v) is 20.8. The van der Waals surface area contributed by atoms with Crippen LogP contribution in [0.15, 0.2) is 40.6 Å². The summed E-state index contributed by atoms with van der Waals surface area (Å²) in [6.07, 6.45) is 0. The van der Waals surface area contributed by atoms with Crippen molar-refractivity contribution < 1.29 is 28.5 Å². The van der Waals surface area contributed by atoms with Crippen LogP contribution in [0.3, 0.4) is 0 Å². The second-order valence-corrected chi connectivity index (χ2v) is 7.30. The number of nitrogens with zero attached hydrogens (tertiary/aromatic N) is 2. The molecule has 0 radical (unpaired) electrons. The molecule has 0 saturated carbocycles. The molecule has 1 amide bonds. The Morgan fingerprint density at radius 2 is 1.41 bits per heavy atom. The lowest BCUT2D eigenvalue weighted by atomic mass is 10.2. The van der Waals surface area contributed by atoms with Crippen molar-refractivity contribution in [2.24, 2.45) is 10.2 Å². The van der Waals surface area contributed by atoms with Gasteiger partial charge in [0.15, 0.2) is 5.78 Å². The smallest absolute Gasteiger partial charge is 0.258 e. The van der Waals surface area contributed by atoms with E-state index in [1.165, 1.54) is 13.0 Å². The normalized spacial score (nSPS) is 11.7. The third-order valence-corrected chi connectivity index (χ3v) is 4.60. The number of hydrogen-bond acceptors (Lipinski definition) is 8. The van der Waals surface area contributed by atoms with E-state index in [-0.39, 0.29) is 5.02 Å². The lowest BCUT2D eigenvalue weighted by Crippen LogP contribution is -2.32. The zero-order valence-electron chi connectivity index (χ0n) is 20.0. The molecule has 184 valence electrons. The first-order valence-electron chi connectivity index (χ1n) is 11.0. The van der Waals surface area contributed by atoms with Crippen molar-refractivity contribution in [3.8, 4) is 23.0 Å². The molecular formula is C24H30ClN3O6. The number of nitrogens with one attached hydrogen (secondary N) is 1. The van der Waals surface area contributed by atoms with E-state index in [4.69, 9.17) is 30.5 Å². The Morgan fingerprint density at radius 1 is 0.853 bits per heavy atom. The molecule has 1 unspecified atom stereocenters. The lowest BCUT2D eigenvalue weighted by molar-refractivity contribution is -0.126. The average molecular weight is 492 g/mol. The Balaban J connectivity index is 2.31. The van der Waals surface area contributed by atoms with Crippen LogP contribution in [0.2, 0.25) is 5.02 Å². The Bertz CT molecular complexity index is 1000. The molecule has 9 nitrogen and oxygen atoms in total. The molecule has 10 heteroatoms. The molecule has 0 aliphatic rings. The molecule has 0 saturated heterocycles. The number of azo groups is 1. The summed E-state index contributed by atoms with van der Waals surface area (Å²) in [6, 6.07) is 6.72. The maximum absolute atomic E-state index is 12.9. The SMILES string of the molecule is CCOc1cc(N=NC(C(C)=O)C(=O)Nc2cc(Cl)c(OCC)cc2OCC)cc(OCC)c1. The van der Waals surface area contributed by atoms with Crippen LogP contribution < -0.4 is 24.3 Å². The largest absolute Gasteiger partial charge is 0.494 e. The zero-order chi connectivity index (χ0) is 25.1. The molecule has 0 fully saturated rings. The number of amides is 1. The van der Waals surface area contributed by atoms with Gasteiger partial charge in [0.05, 0.1) is 42.8 Å². The van der Waals surface area contributed by atoms with E-state index in [0.29, 0.717) is 60.8 Å². The summed E-state index contributed by atoms with van der Waals surface area (Å²) in [5.74, 6) is 0.695. The van der Waals surface area contributed by atoms with E-state index in [0.717, 1.165) is 0 Å². The number of carbonyl (C=O) groups excluding carboxylic acids is 2. The highest BCUT2D eigenvalue weighted by molar-refractivity contribution is 6.32. The summed E-state index contributed by atoms with van der Waals surface area (Å²) >= 11 is 6.26. The van der Waals surface area contributed by atoms with Gasteiger partial charge in [-0.15, -0.1) is 0 Å². The predicted molar refractivity (Wildman–Crippen MR) is 130 cm³/mol. The van der Waals surface area contributed by atoms with Crippen LogP contribution in [-0.2, 0) is 9.59 Å². The first-order valence-corrected chi connectivity index (χ1v) is 11.4. The fraction of sp³-hybridized carbons (Fsp3) is 0.417. The second kappa shape index (κ2) is 13.4. The lowest BCUT2D eigenvalue weighted by Gasteiger charge is -2.16. The summed E-state index contributed by atoms with van der Waals surface area (Å²) in [7, 11) is 0. The van der Waals surface area contributed by atoms with E-state index in [1.807, 2.05) is 20.8 Å². The predicted octanol–water partition coefficient (Wildman–Crippen LogP) is 5.61. The third-order valence-electron chi connectivity index (χ3n) is 4.30. The van der Waals surface area contributed by atoms with Gasteiger partial charge in [0.2, 0.25) is 6.04 Å². The number of benzene rings is 2. The van der Waals surface area contributed by atoms with Crippen LogP contribution in [0, 0.1) is 0 Å². The van der Waals surface area contributed by atoms with E-state index in [1.54, 1.807) is 31.2 Å². The fourth-order valence-corrected chi connectivity index (χ4v) is 3.15. The Morgan fingerprint density at radius 3 is 1.94 bits per heavy atom. The molecule has 0 aliphatic heterocycles. The minimum absolute atomic E-state index is 0.290. The van der Waals surface area contributed by atoms with Crippen molar-refractivity contribution in [1.29, 1.82) is 0 Å². The van der Waals surface area contributed by atoms with E-state index in [2.05, 4.69) is 15.5 Å². The number of halogens is 1. The third kappa shape index (κ3) is 7.62. The van der Waals surface area contributed by atoms with E-state index >= 15 is 0 Å². The monoisotopic (exact) mass is 491 g/mol. The van der Waals surface area contributed by atoms with Gasteiger partial charge in [-0.05, 0) is 40.7 Å². The minimum atomic E-state index is -1.38. The van der Waals surface area contributed by atoms with Gasteiger partial charge in [-0.1, -0.05) is 11.6 Å². The standard InChI is InChI=1S/C24H30ClN3O6/c1-6-31-17-10-16(11-18(12-17)32-7-2)27-28-23(15(5)29)24(30)26-20-13-19(25)21(33-8-3)14-22(20)34-9-4/h10-14,23H,6-9H2,1-5H3,(H,26,30). The van der Waals surface area contributed by atoms with Gasteiger partial charge in [-0.3, -0.25) is 9.59 Å². The van der Waals surface area contributed by atoms with E-state index < -0.39 is 17.7 Å². The average Bonchev–Trinajstić information content (AvgIpc) is 2.77. The van der Waals surface area contributed by atoms with Gasteiger partial charge < -0.3 is 24.3 Å². The molecule has 0 aromatic heterocycles. The molecule has 1 N–H and O–H groups in total. The number of hydrogen-bond donors (Lipinski definition) is 1. The summed E-state index contributed by atoms with van der Waals surface area (Å²) in [5.41, 5.74) is 0.672. The molecule has 0 aliphatic carbocycles. The summed E-state index contributed by atoms with van der Waals surface area (Å²) in [4.78, 5) is 25.1. The van der Waals surface area contributed by atoms with Crippen LogP contribution >= 0.6 is 11.6 Å². The highest BCUT2D eigenvalue weighted by Crippen LogP contribution is 2.36. The number of Topliss-reactive ketones (excluding diaryl/α,β-unsaturated/α-hetero) is 1. The fourth-order valence-electron chi connectivity index (χ4n) is 2.93. The number of carbonyl (C=O) groups is 2. The Kier molecular flexibility index (Phi) is 10.6. The van der Waals surface area contributed by atoms with E-state index in [9.17, 15) is 9.59 Å². The maximum atomic E-state index is 12.9. The molecular weight excluding hydrogens is 462 g/mol. The second-order valence-electron chi connectivity index (χ2n) is 6.89.